The fourth-order valence-corrected chi connectivity index (χ4v) is 1.73. The second-order valence-corrected chi connectivity index (χ2v) is 4.45. The molecular weight excluding hydrogens is 228 g/mol. The van der Waals surface area contributed by atoms with Gasteiger partial charge in [0.15, 0.2) is 0 Å². The van der Waals surface area contributed by atoms with E-state index in [2.05, 4.69) is 5.16 Å². The number of benzene rings is 1. The van der Waals surface area contributed by atoms with Crippen LogP contribution in [0.15, 0.2) is 28.8 Å². The molecule has 2 N–H and O–H groups in total. The Morgan fingerprint density at radius 2 is 1.94 bits per heavy atom. The minimum Gasteiger partial charge on any atom is -0.489 e. The van der Waals surface area contributed by atoms with Gasteiger partial charge in [-0.3, -0.25) is 0 Å². The molecule has 0 spiro atoms. The van der Waals surface area contributed by atoms with Crippen molar-refractivity contribution in [3.8, 4) is 5.75 Å². The second kappa shape index (κ2) is 5.23. The van der Waals surface area contributed by atoms with Gasteiger partial charge in [-0.2, -0.15) is 0 Å². The molecule has 96 valence electrons. The van der Waals surface area contributed by atoms with Crippen LogP contribution in [0.25, 0.3) is 0 Å². The van der Waals surface area contributed by atoms with E-state index >= 15 is 0 Å². The summed E-state index contributed by atoms with van der Waals surface area (Å²) >= 11 is 0. The molecule has 0 aliphatic carbocycles. The molecule has 0 fully saturated rings. The van der Waals surface area contributed by atoms with E-state index in [0.717, 1.165) is 28.3 Å². The lowest BCUT2D eigenvalue weighted by Crippen LogP contribution is -2.04. The molecule has 0 saturated heterocycles. The summed E-state index contributed by atoms with van der Waals surface area (Å²) in [7, 11) is 0. The molecule has 18 heavy (non-hydrogen) atoms. The van der Waals surface area contributed by atoms with Gasteiger partial charge in [-0.15, -0.1) is 0 Å². The Bertz CT molecular complexity index is 496. The van der Waals surface area contributed by atoms with Crippen LogP contribution in [0.5, 0.6) is 5.75 Å². The molecule has 0 amide bonds. The van der Waals surface area contributed by atoms with E-state index in [1.807, 2.05) is 45.0 Å². The van der Waals surface area contributed by atoms with E-state index in [0.29, 0.717) is 6.61 Å². The highest BCUT2D eigenvalue weighted by atomic mass is 16.5. The van der Waals surface area contributed by atoms with Crippen LogP contribution < -0.4 is 10.5 Å². The molecule has 1 heterocycles. The Hall–Kier alpha value is -1.81. The number of aryl methyl sites for hydroxylation is 2. The smallest absolute Gasteiger partial charge is 0.140 e. The summed E-state index contributed by atoms with van der Waals surface area (Å²) in [6, 6.07) is 7.86. The predicted molar refractivity (Wildman–Crippen MR) is 69.4 cm³/mol. The summed E-state index contributed by atoms with van der Waals surface area (Å²) in [5.41, 5.74) is 8.77. The molecule has 2 rings (SSSR count). The zero-order valence-corrected chi connectivity index (χ0v) is 10.9. The normalized spacial score (nSPS) is 12.4. The van der Waals surface area contributed by atoms with Crippen molar-refractivity contribution in [3.63, 3.8) is 0 Å². The largest absolute Gasteiger partial charge is 0.489 e. The SMILES string of the molecule is Cc1noc(C)c1COc1ccc(C(C)N)cc1. The van der Waals surface area contributed by atoms with Crippen LogP contribution in [-0.2, 0) is 6.61 Å². The van der Waals surface area contributed by atoms with Crippen LogP contribution in [0.3, 0.4) is 0 Å². The summed E-state index contributed by atoms with van der Waals surface area (Å²) in [5, 5.41) is 3.89. The molecule has 0 bridgehead atoms. The third kappa shape index (κ3) is 2.71. The van der Waals surface area contributed by atoms with Crippen molar-refractivity contribution in [1.82, 2.24) is 5.16 Å². The Labute approximate surface area is 107 Å². The van der Waals surface area contributed by atoms with Crippen molar-refractivity contribution >= 4 is 0 Å². The Morgan fingerprint density at radius 1 is 1.28 bits per heavy atom. The van der Waals surface area contributed by atoms with Crippen molar-refractivity contribution in [1.29, 1.82) is 0 Å². The maximum atomic E-state index is 5.79. The van der Waals surface area contributed by atoms with Crippen LogP contribution >= 0.6 is 0 Å². The Kier molecular flexibility index (Phi) is 3.67. The van der Waals surface area contributed by atoms with Crippen LogP contribution in [0, 0.1) is 13.8 Å². The number of nitrogens with zero attached hydrogens (tertiary/aromatic N) is 1. The van der Waals surface area contributed by atoms with Gasteiger partial charge in [0.2, 0.25) is 0 Å². The molecule has 0 saturated carbocycles. The van der Waals surface area contributed by atoms with Crippen molar-refractivity contribution in [2.75, 3.05) is 0 Å². The molecule has 1 aromatic carbocycles. The summed E-state index contributed by atoms with van der Waals surface area (Å²) < 4.78 is 10.8. The van der Waals surface area contributed by atoms with Crippen molar-refractivity contribution < 1.29 is 9.26 Å². The topological polar surface area (TPSA) is 61.3 Å². The summed E-state index contributed by atoms with van der Waals surface area (Å²) in [4.78, 5) is 0. The van der Waals surface area contributed by atoms with Crippen molar-refractivity contribution in [2.24, 2.45) is 5.73 Å². The van der Waals surface area contributed by atoms with E-state index in [9.17, 15) is 0 Å². The van der Waals surface area contributed by atoms with E-state index in [4.69, 9.17) is 15.0 Å². The minimum atomic E-state index is 0.0432. The number of ether oxygens (including phenoxy) is 1. The van der Waals surface area contributed by atoms with Gasteiger partial charge in [0.05, 0.1) is 11.3 Å². The number of aromatic nitrogens is 1. The predicted octanol–water partition coefficient (Wildman–Crippen LogP) is 2.89. The first-order chi connectivity index (χ1) is 8.58. The van der Waals surface area contributed by atoms with E-state index < -0.39 is 0 Å². The van der Waals surface area contributed by atoms with E-state index in [-0.39, 0.29) is 6.04 Å². The lowest BCUT2D eigenvalue weighted by Gasteiger charge is -2.08. The number of hydrogen-bond acceptors (Lipinski definition) is 4. The first-order valence-corrected chi connectivity index (χ1v) is 5.98. The molecule has 4 nitrogen and oxygen atoms in total. The van der Waals surface area contributed by atoms with Crippen LogP contribution in [-0.4, -0.2) is 5.16 Å². The number of nitrogens with two attached hydrogens (primary N) is 1. The third-order valence-corrected chi connectivity index (χ3v) is 2.97. The summed E-state index contributed by atoms with van der Waals surface area (Å²) in [5.74, 6) is 1.62. The van der Waals surface area contributed by atoms with Gasteiger partial charge in [-0.1, -0.05) is 17.3 Å². The summed E-state index contributed by atoms with van der Waals surface area (Å²) in [6.07, 6.45) is 0. The quantitative estimate of drug-likeness (QED) is 0.901. The Morgan fingerprint density at radius 3 is 2.44 bits per heavy atom. The maximum Gasteiger partial charge on any atom is 0.140 e. The molecule has 1 unspecified atom stereocenters. The molecule has 0 aliphatic heterocycles. The van der Waals surface area contributed by atoms with Gasteiger partial charge < -0.3 is 15.0 Å². The van der Waals surface area contributed by atoms with Gasteiger partial charge in [0.25, 0.3) is 0 Å². The molecule has 0 aliphatic rings. The lowest BCUT2D eigenvalue weighted by molar-refractivity contribution is 0.301. The zero-order valence-electron chi connectivity index (χ0n) is 10.9. The summed E-state index contributed by atoms with van der Waals surface area (Å²) in [6.45, 7) is 6.23. The first kappa shape index (κ1) is 12.6. The third-order valence-electron chi connectivity index (χ3n) is 2.97. The molecule has 1 aromatic heterocycles. The van der Waals surface area contributed by atoms with Gasteiger partial charge in [-0.25, -0.2) is 0 Å². The van der Waals surface area contributed by atoms with E-state index in [1.165, 1.54) is 0 Å². The average molecular weight is 246 g/mol. The molecule has 2 aromatic rings. The van der Waals surface area contributed by atoms with Crippen molar-refractivity contribution in [3.05, 3.63) is 46.8 Å². The van der Waals surface area contributed by atoms with Gasteiger partial charge in [0.1, 0.15) is 18.1 Å². The zero-order chi connectivity index (χ0) is 13.1. The van der Waals surface area contributed by atoms with Gasteiger partial charge in [0, 0.05) is 6.04 Å². The van der Waals surface area contributed by atoms with Gasteiger partial charge in [-0.05, 0) is 38.5 Å². The highest BCUT2D eigenvalue weighted by Crippen LogP contribution is 2.19. The van der Waals surface area contributed by atoms with Gasteiger partial charge >= 0.3 is 0 Å². The first-order valence-electron chi connectivity index (χ1n) is 5.98. The second-order valence-electron chi connectivity index (χ2n) is 4.45. The highest BCUT2D eigenvalue weighted by molar-refractivity contribution is 5.29. The average Bonchev–Trinajstić information content (AvgIpc) is 2.67. The van der Waals surface area contributed by atoms with Crippen LogP contribution in [0.1, 0.15) is 35.5 Å². The van der Waals surface area contributed by atoms with Crippen LogP contribution in [0.4, 0.5) is 0 Å². The van der Waals surface area contributed by atoms with E-state index in [1.54, 1.807) is 0 Å². The fraction of sp³-hybridized carbons (Fsp3) is 0.357. The standard InChI is InChI=1S/C14H18N2O2/c1-9(15)12-4-6-13(7-5-12)17-8-14-10(2)16-18-11(14)3/h4-7,9H,8,15H2,1-3H3. The molecule has 0 radical (unpaired) electrons. The van der Waals surface area contributed by atoms with Crippen LogP contribution in [0.2, 0.25) is 0 Å². The fourth-order valence-electron chi connectivity index (χ4n) is 1.73. The number of hydrogen-bond donors (Lipinski definition) is 1. The van der Waals surface area contributed by atoms with Crippen molar-refractivity contribution in [2.45, 2.75) is 33.4 Å². The molecule has 1 atom stereocenters. The Balaban J connectivity index is 2.02. The lowest BCUT2D eigenvalue weighted by atomic mass is 10.1. The number of rotatable bonds is 4. The highest BCUT2D eigenvalue weighted by Gasteiger charge is 2.09. The molecule has 4 heteroatoms. The minimum absolute atomic E-state index is 0.0432. The monoisotopic (exact) mass is 246 g/mol. The maximum absolute atomic E-state index is 5.79. The molecular formula is C14H18N2O2.